The van der Waals surface area contributed by atoms with E-state index >= 15 is 0 Å². The first-order valence-corrected chi connectivity index (χ1v) is 9.42. The Bertz CT molecular complexity index is 989. The molecule has 8 heteroatoms. The Balaban J connectivity index is 1.78. The lowest BCUT2D eigenvalue weighted by Gasteiger charge is -2.20. The van der Waals surface area contributed by atoms with Crippen molar-refractivity contribution in [1.29, 1.82) is 0 Å². The van der Waals surface area contributed by atoms with Crippen LogP contribution in [0.3, 0.4) is 0 Å². The van der Waals surface area contributed by atoms with Gasteiger partial charge in [-0.3, -0.25) is 9.89 Å². The summed E-state index contributed by atoms with van der Waals surface area (Å²) in [5.41, 5.74) is 8.22. The number of nitrogens with two attached hydrogens (primary N) is 1. The first kappa shape index (κ1) is 17.5. The molecule has 4 N–H and O–H groups in total. The minimum absolute atomic E-state index is 0.258. The number of amides is 1. The standard InChI is InChI=1S/C19H25N7O/c1-4-12-5-10(2)6-14(12)26-8-13(16-17(20)21-9-22-18(16)26)19(27)23-15-7-11(3)24-25-15/h7-10,12,14H,4-6H2,1-3H3,(H2,20,21,22)(H2,23,24,25,27). The number of carbonyl (C=O) groups is 1. The van der Waals surface area contributed by atoms with Crippen molar-refractivity contribution in [2.75, 3.05) is 11.1 Å². The molecule has 1 amide bonds. The van der Waals surface area contributed by atoms with Crippen LogP contribution in [0.15, 0.2) is 18.6 Å². The lowest BCUT2D eigenvalue weighted by Crippen LogP contribution is -2.14. The highest BCUT2D eigenvalue weighted by Gasteiger charge is 2.34. The number of fused-ring (bicyclic) bond motifs is 1. The van der Waals surface area contributed by atoms with Crippen LogP contribution in [-0.4, -0.2) is 30.6 Å². The summed E-state index contributed by atoms with van der Waals surface area (Å²) in [5, 5.41) is 10.3. The monoisotopic (exact) mass is 367 g/mol. The second-order valence-corrected chi connectivity index (χ2v) is 7.61. The van der Waals surface area contributed by atoms with Crippen molar-refractivity contribution in [1.82, 2.24) is 24.7 Å². The molecule has 1 aliphatic rings. The fourth-order valence-corrected chi connectivity index (χ4v) is 4.35. The van der Waals surface area contributed by atoms with Gasteiger partial charge in [-0.1, -0.05) is 20.3 Å². The van der Waals surface area contributed by atoms with Gasteiger partial charge in [0.1, 0.15) is 17.8 Å². The van der Waals surface area contributed by atoms with E-state index in [4.69, 9.17) is 5.73 Å². The Morgan fingerprint density at radius 1 is 1.41 bits per heavy atom. The van der Waals surface area contributed by atoms with Crippen LogP contribution in [-0.2, 0) is 0 Å². The van der Waals surface area contributed by atoms with Gasteiger partial charge in [0.2, 0.25) is 0 Å². The van der Waals surface area contributed by atoms with E-state index in [-0.39, 0.29) is 5.91 Å². The first-order chi connectivity index (χ1) is 13.0. The minimum atomic E-state index is -0.258. The van der Waals surface area contributed by atoms with Crippen LogP contribution in [0.2, 0.25) is 0 Å². The number of H-pyrrole nitrogens is 1. The van der Waals surface area contributed by atoms with Crippen molar-refractivity contribution >= 4 is 28.6 Å². The van der Waals surface area contributed by atoms with E-state index in [0.717, 1.165) is 24.2 Å². The van der Waals surface area contributed by atoms with E-state index in [2.05, 4.69) is 43.9 Å². The van der Waals surface area contributed by atoms with Gasteiger partial charge in [-0.05, 0) is 31.6 Å². The molecule has 1 aliphatic carbocycles. The molecular formula is C19H25N7O. The van der Waals surface area contributed by atoms with Crippen molar-refractivity contribution in [3.63, 3.8) is 0 Å². The Hall–Kier alpha value is -2.90. The van der Waals surface area contributed by atoms with Crippen LogP contribution in [0, 0.1) is 18.8 Å². The van der Waals surface area contributed by atoms with Crippen LogP contribution in [0.25, 0.3) is 11.0 Å². The predicted molar refractivity (Wildman–Crippen MR) is 104 cm³/mol. The largest absolute Gasteiger partial charge is 0.383 e. The van der Waals surface area contributed by atoms with Crippen molar-refractivity contribution < 1.29 is 4.79 Å². The number of rotatable bonds is 4. The molecule has 4 rings (SSSR count). The molecular weight excluding hydrogens is 342 g/mol. The van der Waals surface area contributed by atoms with E-state index in [1.165, 1.54) is 12.7 Å². The van der Waals surface area contributed by atoms with Crippen LogP contribution in [0.1, 0.15) is 55.2 Å². The zero-order valence-electron chi connectivity index (χ0n) is 15.9. The van der Waals surface area contributed by atoms with Crippen molar-refractivity contribution in [2.24, 2.45) is 11.8 Å². The molecule has 3 unspecified atom stereocenters. The number of hydrogen-bond acceptors (Lipinski definition) is 5. The highest BCUT2D eigenvalue weighted by Crippen LogP contribution is 2.43. The van der Waals surface area contributed by atoms with Crippen molar-refractivity contribution in [2.45, 2.75) is 46.1 Å². The van der Waals surface area contributed by atoms with Gasteiger partial charge in [0.25, 0.3) is 5.91 Å². The van der Waals surface area contributed by atoms with Crippen LogP contribution in [0.5, 0.6) is 0 Å². The van der Waals surface area contributed by atoms with Crippen LogP contribution < -0.4 is 11.1 Å². The van der Waals surface area contributed by atoms with Crippen LogP contribution >= 0.6 is 0 Å². The molecule has 8 nitrogen and oxygen atoms in total. The van der Waals surface area contributed by atoms with Gasteiger partial charge in [0.05, 0.1) is 10.9 Å². The number of aromatic amines is 1. The van der Waals surface area contributed by atoms with Gasteiger partial charge >= 0.3 is 0 Å². The number of nitrogens with zero attached hydrogens (tertiary/aromatic N) is 4. The average Bonchev–Trinajstić information content (AvgIpc) is 3.32. The fraction of sp³-hybridized carbons (Fsp3) is 0.474. The molecule has 3 aromatic rings. The summed E-state index contributed by atoms with van der Waals surface area (Å²) in [6, 6.07) is 2.10. The SMILES string of the molecule is CCC1CC(C)CC1n1cc(C(=O)Nc2cc(C)[nH]n2)c2c(N)ncnc21. The second-order valence-electron chi connectivity index (χ2n) is 7.61. The molecule has 1 fully saturated rings. The number of nitrogens with one attached hydrogen (secondary N) is 2. The minimum Gasteiger partial charge on any atom is -0.383 e. The summed E-state index contributed by atoms with van der Waals surface area (Å²) in [4.78, 5) is 21.5. The maximum absolute atomic E-state index is 12.9. The molecule has 0 aromatic carbocycles. The summed E-state index contributed by atoms with van der Waals surface area (Å²) >= 11 is 0. The van der Waals surface area contributed by atoms with Gasteiger partial charge in [0, 0.05) is 24.0 Å². The number of anilines is 2. The first-order valence-electron chi connectivity index (χ1n) is 9.42. The number of nitrogen functional groups attached to an aromatic ring is 1. The Kier molecular flexibility index (Phi) is 4.33. The smallest absolute Gasteiger partial charge is 0.259 e. The molecule has 3 atom stereocenters. The van der Waals surface area contributed by atoms with Gasteiger partial charge < -0.3 is 15.6 Å². The molecule has 27 heavy (non-hydrogen) atoms. The van der Waals surface area contributed by atoms with Gasteiger partial charge in [0.15, 0.2) is 5.82 Å². The zero-order chi connectivity index (χ0) is 19.1. The summed E-state index contributed by atoms with van der Waals surface area (Å²) in [6.07, 6.45) is 6.72. The van der Waals surface area contributed by atoms with Crippen molar-refractivity contribution in [3.8, 4) is 0 Å². The normalized spacial score (nSPS) is 22.4. The van der Waals surface area contributed by atoms with Gasteiger partial charge in [-0.15, -0.1) is 0 Å². The molecule has 0 bridgehead atoms. The Labute approximate surface area is 157 Å². The molecule has 0 spiro atoms. The maximum atomic E-state index is 12.9. The topological polar surface area (TPSA) is 115 Å². The maximum Gasteiger partial charge on any atom is 0.259 e. The van der Waals surface area contributed by atoms with E-state index in [1.54, 1.807) is 6.07 Å². The molecule has 0 aliphatic heterocycles. The fourth-order valence-electron chi connectivity index (χ4n) is 4.35. The molecule has 0 radical (unpaired) electrons. The average molecular weight is 367 g/mol. The zero-order valence-corrected chi connectivity index (χ0v) is 15.9. The third-order valence-electron chi connectivity index (χ3n) is 5.61. The molecule has 0 saturated heterocycles. The quantitative estimate of drug-likeness (QED) is 0.654. The van der Waals surface area contributed by atoms with Crippen LogP contribution in [0.4, 0.5) is 11.6 Å². The van der Waals surface area contributed by atoms with E-state index in [1.807, 2.05) is 13.1 Å². The van der Waals surface area contributed by atoms with Gasteiger partial charge in [-0.2, -0.15) is 5.10 Å². The van der Waals surface area contributed by atoms with E-state index < -0.39 is 0 Å². The summed E-state index contributed by atoms with van der Waals surface area (Å²) in [6.45, 7) is 6.38. The van der Waals surface area contributed by atoms with Gasteiger partial charge in [-0.25, -0.2) is 9.97 Å². The molecule has 142 valence electrons. The highest BCUT2D eigenvalue weighted by molar-refractivity contribution is 6.14. The predicted octanol–water partition coefficient (Wildman–Crippen LogP) is 3.29. The second kappa shape index (κ2) is 6.68. The third kappa shape index (κ3) is 3.05. The number of aryl methyl sites for hydroxylation is 1. The third-order valence-corrected chi connectivity index (χ3v) is 5.61. The number of hydrogen-bond donors (Lipinski definition) is 3. The Morgan fingerprint density at radius 2 is 2.22 bits per heavy atom. The van der Waals surface area contributed by atoms with E-state index in [0.29, 0.717) is 40.5 Å². The molecule has 1 saturated carbocycles. The van der Waals surface area contributed by atoms with E-state index in [9.17, 15) is 4.79 Å². The molecule has 3 heterocycles. The summed E-state index contributed by atoms with van der Waals surface area (Å²) < 4.78 is 2.13. The summed E-state index contributed by atoms with van der Waals surface area (Å²) in [5.74, 6) is 1.76. The molecule has 3 aromatic heterocycles. The highest BCUT2D eigenvalue weighted by atomic mass is 16.1. The summed E-state index contributed by atoms with van der Waals surface area (Å²) in [7, 11) is 0. The Morgan fingerprint density at radius 3 is 2.93 bits per heavy atom. The number of carbonyl (C=O) groups excluding carboxylic acids is 1. The lowest BCUT2D eigenvalue weighted by molar-refractivity contribution is 0.102. The van der Waals surface area contributed by atoms with Crippen molar-refractivity contribution in [3.05, 3.63) is 29.8 Å². The lowest BCUT2D eigenvalue weighted by atomic mass is 10.0. The number of aromatic nitrogens is 5.